The zero-order valence-corrected chi connectivity index (χ0v) is 14.0. The van der Waals surface area contributed by atoms with Gasteiger partial charge in [-0.05, 0) is 56.5 Å². The molecule has 3 unspecified atom stereocenters. The van der Waals surface area contributed by atoms with Crippen molar-refractivity contribution in [2.75, 3.05) is 13.1 Å². The second kappa shape index (κ2) is 5.09. The van der Waals surface area contributed by atoms with Crippen molar-refractivity contribution >= 4 is 26.0 Å². The van der Waals surface area contributed by atoms with Gasteiger partial charge in [0.15, 0.2) is 0 Å². The van der Waals surface area contributed by atoms with E-state index in [1.807, 2.05) is 19.9 Å². The molecule has 0 spiro atoms. The van der Waals surface area contributed by atoms with Crippen molar-refractivity contribution < 1.29 is 8.42 Å². The van der Waals surface area contributed by atoms with Gasteiger partial charge in [-0.2, -0.15) is 4.31 Å². The summed E-state index contributed by atoms with van der Waals surface area (Å²) in [5, 5.41) is 3.31. The molecule has 3 rings (SSSR count). The summed E-state index contributed by atoms with van der Waals surface area (Å²) in [4.78, 5) is 0.401. The number of halogens is 1. The Kier molecular flexibility index (Phi) is 3.69. The Labute approximate surface area is 128 Å². The molecule has 1 aromatic rings. The summed E-state index contributed by atoms with van der Waals surface area (Å²) in [6.45, 7) is 5.63. The van der Waals surface area contributed by atoms with Gasteiger partial charge in [0.1, 0.15) is 0 Å². The Morgan fingerprint density at radius 3 is 2.80 bits per heavy atom. The fourth-order valence-corrected chi connectivity index (χ4v) is 5.66. The van der Waals surface area contributed by atoms with Crippen molar-refractivity contribution in [1.29, 1.82) is 0 Å². The van der Waals surface area contributed by atoms with E-state index in [1.54, 1.807) is 16.4 Å². The highest BCUT2D eigenvalue weighted by Crippen LogP contribution is 2.37. The number of aryl methyl sites for hydroxylation is 1. The molecule has 0 saturated carbocycles. The van der Waals surface area contributed by atoms with E-state index in [0.29, 0.717) is 10.8 Å². The maximum Gasteiger partial charge on any atom is 0.243 e. The summed E-state index contributed by atoms with van der Waals surface area (Å²) in [7, 11) is -3.41. The fraction of sp³-hybridized carbons (Fsp3) is 0.571. The van der Waals surface area contributed by atoms with Gasteiger partial charge in [-0.1, -0.05) is 15.9 Å². The number of nitrogens with one attached hydrogen (secondary N) is 1. The monoisotopic (exact) mass is 358 g/mol. The first-order chi connectivity index (χ1) is 9.41. The molecular weight excluding hydrogens is 340 g/mol. The van der Waals surface area contributed by atoms with Crippen LogP contribution in [-0.2, 0) is 10.0 Å². The number of sulfonamides is 1. The van der Waals surface area contributed by atoms with Crippen LogP contribution in [0.1, 0.15) is 18.9 Å². The maximum absolute atomic E-state index is 12.9. The normalized spacial score (nSPS) is 30.6. The molecule has 20 heavy (non-hydrogen) atoms. The highest BCUT2D eigenvalue weighted by atomic mass is 79.9. The van der Waals surface area contributed by atoms with E-state index in [4.69, 9.17) is 0 Å². The Hall–Kier alpha value is -0.430. The van der Waals surface area contributed by atoms with Gasteiger partial charge in [0.2, 0.25) is 10.0 Å². The molecule has 2 fully saturated rings. The molecule has 0 aromatic heterocycles. The molecule has 0 aliphatic carbocycles. The average molecular weight is 359 g/mol. The number of fused-ring (bicyclic) bond motifs is 1. The summed E-state index contributed by atoms with van der Waals surface area (Å²) in [6.07, 6.45) is 0.951. The van der Waals surface area contributed by atoms with Crippen LogP contribution >= 0.6 is 15.9 Å². The lowest BCUT2D eigenvalue weighted by atomic mass is 10.0. The molecule has 2 saturated heterocycles. The number of benzene rings is 1. The highest BCUT2D eigenvalue weighted by Gasteiger charge is 2.47. The quantitative estimate of drug-likeness (QED) is 0.880. The Morgan fingerprint density at radius 2 is 2.10 bits per heavy atom. The second-order valence-electron chi connectivity index (χ2n) is 5.82. The van der Waals surface area contributed by atoms with Crippen molar-refractivity contribution in [3.8, 4) is 0 Å². The van der Waals surface area contributed by atoms with Gasteiger partial charge in [0, 0.05) is 23.1 Å². The second-order valence-corrected chi connectivity index (χ2v) is 8.51. The standard InChI is InChI=1S/C14H19BrN2O2S/c1-9-5-12(3-4-13(9)15)20(18,19)17-10(2)6-11-7-16-8-14(11)17/h3-5,10-11,14,16H,6-8H2,1-2H3. The first-order valence-corrected chi connectivity index (χ1v) is 9.15. The molecule has 4 nitrogen and oxygen atoms in total. The lowest BCUT2D eigenvalue weighted by molar-refractivity contribution is 0.335. The zero-order valence-electron chi connectivity index (χ0n) is 11.6. The Bertz CT molecular complexity index is 632. The topological polar surface area (TPSA) is 49.4 Å². The summed E-state index contributed by atoms with van der Waals surface area (Å²) >= 11 is 3.42. The van der Waals surface area contributed by atoms with E-state index in [1.165, 1.54) is 0 Å². The first-order valence-electron chi connectivity index (χ1n) is 6.91. The van der Waals surface area contributed by atoms with E-state index in [-0.39, 0.29) is 12.1 Å². The summed E-state index contributed by atoms with van der Waals surface area (Å²) in [5.41, 5.74) is 0.944. The number of nitrogens with zero attached hydrogens (tertiary/aromatic N) is 1. The van der Waals surface area contributed by atoms with Crippen molar-refractivity contribution in [2.45, 2.75) is 37.2 Å². The van der Waals surface area contributed by atoms with Gasteiger partial charge in [-0.15, -0.1) is 0 Å². The molecule has 2 aliphatic rings. The van der Waals surface area contributed by atoms with E-state index in [2.05, 4.69) is 21.2 Å². The number of hydrogen-bond donors (Lipinski definition) is 1. The van der Waals surface area contributed by atoms with Crippen LogP contribution in [0.3, 0.4) is 0 Å². The molecule has 6 heteroatoms. The van der Waals surface area contributed by atoms with E-state index < -0.39 is 10.0 Å². The number of hydrogen-bond acceptors (Lipinski definition) is 3. The highest BCUT2D eigenvalue weighted by molar-refractivity contribution is 9.10. The van der Waals surface area contributed by atoms with Crippen LogP contribution in [-0.4, -0.2) is 37.9 Å². The minimum Gasteiger partial charge on any atom is -0.315 e. The molecule has 2 aliphatic heterocycles. The average Bonchev–Trinajstić information content (AvgIpc) is 2.91. The Balaban J connectivity index is 2.00. The molecule has 0 bridgehead atoms. The molecule has 3 atom stereocenters. The van der Waals surface area contributed by atoms with Gasteiger partial charge in [-0.25, -0.2) is 8.42 Å². The minimum atomic E-state index is -3.41. The van der Waals surface area contributed by atoms with Crippen LogP contribution in [0.25, 0.3) is 0 Å². The van der Waals surface area contributed by atoms with E-state index >= 15 is 0 Å². The predicted octanol–water partition coefficient (Wildman–Crippen LogP) is 2.13. The lowest BCUT2D eigenvalue weighted by Gasteiger charge is -2.26. The van der Waals surface area contributed by atoms with E-state index in [0.717, 1.165) is 29.5 Å². The largest absolute Gasteiger partial charge is 0.315 e. The lowest BCUT2D eigenvalue weighted by Crippen LogP contribution is -2.42. The summed E-state index contributed by atoms with van der Waals surface area (Å²) in [6, 6.07) is 5.45. The Morgan fingerprint density at radius 1 is 1.35 bits per heavy atom. The van der Waals surface area contributed by atoms with Crippen molar-refractivity contribution in [2.24, 2.45) is 5.92 Å². The van der Waals surface area contributed by atoms with Crippen LogP contribution in [0, 0.1) is 12.8 Å². The molecule has 0 amide bonds. The van der Waals surface area contributed by atoms with Gasteiger partial charge in [0.25, 0.3) is 0 Å². The minimum absolute atomic E-state index is 0.0843. The van der Waals surface area contributed by atoms with Gasteiger partial charge in [-0.3, -0.25) is 0 Å². The third-order valence-electron chi connectivity index (χ3n) is 4.41. The summed E-state index contributed by atoms with van der Waals surface area (Å²) < 4.78 is 28.5. The maximum atomic E-state index is 12.9. The fourth-order valence-electron chi connectivity index (χ4n) is 3.44. The third-order valence-corrected chi connectivity index (χ3v) is 7.34. The zero-order chi connectivity index (χ0) is 14.5. The molecule has 0 radical (unpaired) electrons. The SMILES string of the molecule is Cc1cc(S(=O)(=O)N2C(C)CC3CNCC32)ccc1Br. The van der Waals surface area contributed by atoms with E-state index in [9.17, 15) is 8.42 Å². The van der Waals surface area contributed by atoms with Gasteiger partial charge >= 0.3 is 0 Å². The molecule has 2 heterocycles. The van der Waals surface area contributed by atoms with Gasteiger partial charge < -0.3 is 5.32 Å². The predicted molar refractivity (Wildman–Crippen MR) is 82.1 cm³/mol. The molecule has 1 N–H and O–H groups in total. The van der Waals surface area contributed by atoms with Crippen molar-refractivity contribution in [3.63, 3.8) is 0 Å². The van der Waals surface area contributed by atoms with Crippen LogP contribution in [0.15, 0.2) is 27.6 Å². The van der Waals surface area contributed by atoms with Crippen LogP contribution in [0.4, 0.5) is 0 Å². The smallest absolute Gasteiger partial charge is 0.243 e. The van der Waals surface area contributed by atoms with Crippen molar-refractivity contribution in [1.82, 2.24) is 9.62 Å². The van der Waals surface area contributed by atoms with Crippen LogP contribution in [0.5, 0.6) is 0 Å². The summed E-state index contributed by atoms with van der Waals surface area (Å²) in [5.74, 6) is 0.455. The third kappa shape index (κ3) is 2.22. The molecule has 110 valence electrons. The van der Waals surface area contributed by atoms with Gasteiger partial charge in [0.05, 0.1) is 4.90 Å². The number of rotatable bonds is 2. The van der Waals surface area contributed by atoms with Crippen LogP contribution < -0.4 is 5.32 Å². The van der Waals surface area contributed by atoms with Crippen molar-refractivity contribution in [3.05, 3.63) is 28.2 Å². The van der Waals surface area contributed by atoms with Crippen LogP contribution in [0.2, 0.25) is 0 Å². The molecule has 1 aromatic carbocycles. The first kappa shape index (κ1) is 14.5. The molecular formula is C14H19BrN2O2S.